The topological polar surface area (TPSA) is 67.5 Å². The molecule has 0 unspecified atom stereocenters. The molecule has 1 aliphatic heterocycles. The molecule has 3 aromatic rings. The second kappa shape index (κ2) is 4.02. The summed E-state index contributed by atoms with van der Waals surface area (Å²) in [5.41, 5.74) is 2.54. The second-order valence-electron chi connectivity index (χ2n) is 4.94. The van der Waals surface area contributed by atoms with E-state index < -0.39 is 0 Å². The Kier molecular flexibility index (Phi) is 2.27. The van der Waals surface area contributed by atoms with Gasteiger partial charge in [-0.3, -0.25) is 9.36 Å². The summed E-state index contributed by atoms with van der Waals surface area (Å²) in [6.45, 7) is 0. The number of ketones is 1. The van der Waals surface area contributed by atoms with Gasteiger partial charge in [0.2, 0.25) is 11.7 Å². The van der Waals surface area contributed by atoms with E-state index >= 15 is 0 Å². The van der Waals surface area contributed by atoms with Crippen LogP contribution in [0.15, 0.2) is 47.6 Å². The van der Waals surface area contributed by atoms with Crippen molar-refractivity contribution in [2.45, 2.75) is 0 Å². The number of hydrogen-bond acceptors (Lipinski definition) is 4. The standard InChI is InChI=1S/C16H11N3O2/c1-19-15-10(6-4-8-17-15)12(16(19)21)13-14(20)9-5-2-3-7-11(9)18-13/h2-8,21H,1H3. The van der Waals surface area contributed by atoms with Crippen LogP contribution >= 0.6 is 0 Å². The Bertz CT molecular complexity index is 938. The summed E-state index contributed by atoms with van der Waals surface area (Å²) >= 11 is 0. The maximum absolute atomic E-state index is 12.5. The first-order valence-corrected chi connectivity index (χ1v) is 6.53. The third kappa shape index (κ3) is 1.48. The van der Waals surface area contributed by atoms with Crippen LogP contribution in [0.1, 0.15) is 15.9 Å². The summed E-state index contributed by atoms with van der Waals surface area (Å²) in [5.74, 6) is -0.166. The van der Waals surface area contributed by atoms with Crippen LogP contribution in [0.25, 0.3) is 11.0 Å². The number of benzene rings is 1. The summed E-state index contributed by atoms with van der Waals surface area (Å²) in [4.78, 5) is 21.2. The quantitative estimate of drug-likeness (QED) is 0.743. The van der Waals surface area contributed by atoms with Crippen LogP contribution in [0.2, 0.25) is 0 Å². The molecule has 102 valence electrons. The van der Waals surface area contributed by atoms with E-state index in [1.807, 2.05) is 12.1 Å². The molecule has 0 saturated carbocycles. The normalized spacial score (nSPS) is 13.6. The fourth-order valence-corrected chi connectivity index (χ4v) is 2.71. The smallest absolute Gasteiger partial charge is 0.214 e. The lowest BCUT2D eigenvalue weighted by molar-refractivity contribution is 0.107. The van der Waals surface area contributed by atoms with E-state index in [1.165, 1.54) is 0 Å². The number of carbonyl (C=O) groups is 1. The van der Waals surface area contributed by atoms with Gasteiger partial charge in [0, 0.05) is 24.2 Å². The summed E-state index contributed by atoms with van der Waals surface area (Å²) < 4.78 is 1.56. The highest BCUT2D eigenvalue weighted by molar-refractivity contribution is 6.56. The number of fused-ring (bicyclic) bond motifs is 2. The monoisotopic (exact) mass is 277 g/mol. The predicted octanol–water partition coefficient (Wildman–Crippen LogP) is 2.60. The predicted molar refractivity (Wildman–Crippen MR) is 79.3 cm³/mol. The number of carbonyl (C=O) groups excluding carboxylic acids is 1. The van der Waals surface area contributed by atoms with Crippen molar-refractivity contribution in [3.63, 3.8) is 0 Å². The van der Waals surface area contributed by atoms with Gasteiger partial charge in [-0.05, 0) is 24.3 Å². The van der Waals surface area contributed by atoms with Gasteiger partial charge >= 0.3 is 0 Å². The number of aromatic hydroxyl groups is 1. The van der Waals surface area contributed by atoms with Crippen LogP contribution in [0.5, 0.6) is 5.88 Å². The van der Waals surface area contributed by atoms with E-state index in [4.69, 9.17) is 0 Å². The number of hydrogen-bond donors (Lipinski definition) is 1. The van der Waals surface area contributed by atoms with E-state index in [0.29, 0.717) is 22.5 Å². The molecule has 0 spiro atoms. The molecule has 3 heterocycles. The lowest BCUT2D eigenvalue weighted by atomic mass is 10.0. The molecule has 1 N–H and O–H groups in total. The molecule has 4 rings (SSSR count). The molecule has 0 atom stereocenters. The van der Waals surface area contributed by atoms with Crippen LogP contribution in [-0.2, 0) is 7.05 Å². The molecule has 1 aromatic carbocycles. The molecule has 5 nitrogen and oxygen atoms in total. The summed E-state index contributed by atoms with van der Waals surface area (Å²) in [5, 5.41) is 11.1. The van der Waals surface area contributed by atoms with Gasteiger partial charge in [0.05, 0.1) is 11.3 Å². The number of aromatic nitrogens is 2. The van der Waals surface area contributed by atoms with Crippen molar-refractivity contribution in [3.8, 4) is 5.88 Å². The number of pyridine rings is 1. The molecular formula is C16H11N3O2. The van der Waals surface area contributed by atoms with Crippen molar-refractivity contribution < 1.29 is 9.90 Å². The number of para-hydroxylation sites is 1. The number of Topliss-reactive ketones (excluding diaryl/α,β-unsaturated/α-hetero) is 1. The fourth-order valence-electron chi connectivity index (χ4n) is 2.71. The number of nitrogens with zero attached hydrogens (tertiary/aromatic N) is 3. The van der Waals surface area contributed by atoms with E-state index in [1.54, 1.807) is 42.1 Å². The Hall–Kier alpha value is -2.95. The second-order valence-corrected chi connectivity index (χ2v) is 4.94. The Morgan fingerprint density at radius 2 is 1.95 bits per heavy atom. The highest BCUT2D eigenvalue weighted by Crippen LogP contribution is 2.35. The van der Waals surface area contributed by atoms with E-state index in [-0.39, 0.29) is 17.4 Å². The van der Waals surface area contributed by atoms with Gasteiger partial charge in [-0.2, -0.15) is 0 Å². The minimum absolute atomic E-state index is 0.00334. The van der Waals surface area contributed by atoms with Crippen LogP contribution in [-0.4, -0.2) is 26.2 Å². The van der Waals surface area contributed by atoms with Gasteiger partial charge in [0.25, 0.3) is 0 Å². The maximum Gasteiger partial charge on any atom is 0.214 e. The Morgan fingerprint density at radius 1 is 1.14 bits per heavy atom. The zero-order valence-corrected chi connectivity index (χ0v) is 11.2. The highest BCUT2D eigenvalue weighted by Gasteiger charge is 2.30. The third-order valence-corrected chi connectivity index (χ3v) is 3.75. The number of rotatable bonds is 1. The minimum atomic E-state index is -0.169. The van der Waals surface area contributed by atoms with Crippen molar-refractivity contribution in [2.75, 3.05) is 0 Å². The number of aryl methyl sites for hydroxylation is 1. The van der Waals surface area contributed by atoms with Crippen LogP contribution in [0.3, 0.4) is 0 Å². The zero-order valence-electron chi connectivity index (χ0n) is 11.2. The fraction of sp³-hybridized carbons (Fsp3) is 0.0625. The summed E-state index contributed by atoms with van der Waals surface area (Å²) in [6, 6.07) is 10.8. The molecular weight excluding hydrogens is 266 g/mol. The van der Waals surface area contributed by atoms with Crippen molar-refractivity contribution in [2.24, 2.45) is 12.0 Å². The van der Waals surface area contributed by atoms with Crippen molar-refractivity contribution >= 4 is 28.2 Å². The molecule has 1 aliphatic rings. The number of aliphatic imine (C=N–C) groups is 1. The molecule has 0 radical (unpaired) electrons. The molecule has 0 fully saturated rings. The van der Waals surface area contributed by atoms with Crippen molar-refractivity contribution in [1.82, 2.24) is 9.55 Å². The first-order valence-electron chi connectivity index (χ1n) is 6.53. The Morgan fingerprint density at radius 3 is 2.76 bits per heavy atom. The Labute approximate surface area is 120 Å². The minimum Gasteiger partial charge on any atom is -0.494 e. The van der Waals surface area contributed by atoms with E-state index in [2.05, 4.69) is 9.98 Å². The lowest BCUT2D eigenvalue weighted by Gasteiger charge is -1.99. The van der Waals surface area contributed by atoms with E-state index in [9.17, 15) is 9.90 Å². The summed E-state index contributed by atoms with van der Waals surface area (Å²) in [7, 11) is 1.71. The van der Waals surface area contributed by atoms with Gasteiger partial charge in [0.15, 0.2) is 0 Å². The van der Waals surface area contributed by atoms with Crippen LogP contribution < -0.4 is 0 Å². The lowest BCUT2D eigenvalue weighted by Crippen LogP contribution is -2.11. The molecule has 21 heavy (non-hydrogen) atoms. The summed E-state index contributed by atoms with van der Waals surface area (Å²) in [6.07, 6.45) is 1.65. The molecule has 0 saturated heterocycles. The molecule has 0 aliphatic carbocycles. The Balaban J connectivity index is 2.02. The van der Waals surface area contributed by atoms with Gasteiger partial charge in [-0.1, -0.05) is 12.1 Å². The average molecular weight is 277 g/mol. The van der Waals surface area contributed by atoms with Gasteiger partial charge < -0.3 is 5.11 Å². The van der Waals surface area contributed by atoms with Gasteiger partial charge in [-0.25, -0.2) is 9.98 Å². The first-order chi connectivity index (χ1) is 10.2. The van der Waals surface area contributed by atoms with Crippen molar-refractivity contribution in [1.29, 1.82) is 0 Å². The average Bonchev–Trinajstić information content (AvgIpc) is 2.96. The highest BCUT2D eigenvalue weighted by atomic mass is 16.3. The first kappa shape index (κ1) is 11.8. The molecule has 0 amide bonds. The van der Waals surface area contributed by atoms with Crippen molar-refractivity contribution in [3.05, 3.63) is 53.7 Å². The van der Waals surface area contributed by atoms with Crippen LogP contribution in [0, 0.1) is 0 Å². The zero-order chi connectivity index (χ0) is 14.6. The molecule has 2 aromatic heterocycles. The molecule has 5 heteroatoms. The SMILES string of the molecule is Cn1c(O)c(C2=Nc3ccccc3C2=O)c2cccnc21. The molecule has 0 bridgehead atoms. The van der Waals surface area contributed by atoms with Gasteiger partial charge in [0.1, 0.15) is 11.4 Å². The van der Waals surface area contributed by atoms with Crippen LogP contribution in [0.4, 0.5) is 5.69 Å². The maximum atomic E-state index is 12.5. The van der Waals surface area contributed by atoms with E-state index in [0.717, 1.165) is 5.39 Å². The van der Waals surface area contributed by atoms with Gasteiger partial charge in [-0.15, -0.1) is 0 Å². The third-order valence-electron chi connectivity index (χ3n) is 3.75. The largest absolute Gasteiger partial charge is 0.494 e.